The molecular weight excluding hydrogens is 230 g/mol. The largest absolute Gasteiger partial charge is 0.326 e. The number of hydrogen-bond acceptors (Lipinski definition) is 4. The Labute approximate surface area is 108 Å². The molecule has 17 heavy (non-hydrogen) atoms. The van der Waals surface area contributed by atoms with Crippen LogP contribution in [0.3, 0.4) is 0 Å². The van der Waals surface area contributed by atoms with Gasteiger partial charge in [-0.05, 0) is 31.8 Å². The van der Waals surface area contributed by atoms with Gasteiger partial charge in [0.1, 0.15) is 0 Å². The van der Waals surface area contributed by atoms with Gasteiger partial charge >= 0.3 is 0 Å². The molecule has 0 aliphatic carbocycles. The number of rotatable bonds is 5. The summed E-state index contributed by atoms with van der Waals surface area (Å²) in [6, 6.07) is 0. The number of nitrogens with two attached hydrogens (primary N) is 1. The first-order chi connectivity index (χ1) is 8.20. The SMILES string of the molecule is CC(C)c1nc(CCN2CCCC2)sc1CN. The minimum Gasteiger partial charge on any atom is -0.326 e. The van der Waals surface area contributed by atoms with Crippen LogP contribution in [0.15, 0.2) is 0 Å². The number of aromatic nitrogens is 1. The van der Waals surface area contributed by atoms with Gasteiger partial charge in [0.15, 0.2) is 0 Å². The molecule has 1 aromatic heterocycles. The second-order valence-corrected chi connectivity index (χ2v) is 6.24. The van der Waals surface area contributed by atoms with Gasteiger partial charge in [-0.15, -0.1) is 11.3 Å². The number of hydrogen-bond donors (Lipinski definition) is 1. The zero-order chi connectivity index (χ0) is 12.3. The zero-order valence-electron chi connectivity index (χ0n) is 10.9. The van der Waals surface area contributed by atoms with Gasteiger partial charge in [-0.1, -0.05) is 13.8 Å². The molecule has 0 saturated carbocycles. The molecule has 0 bridgehead atoms. The average molecular weight is 253 g/mol. The van der Waals surface area contributed by atoms with Crippen molar-refractivity contribution < 1.29 is 0 Å². The molecule has 4 heteroatoms. The summed E-state index contributed by atoms with van der Waals surface area (Å²) in [6.45, 7) is 8.72. The van der Waals surface area contributed by atoms with Crippen molar-refractivity contribution in [1.82, 2.24) is 9.88 Å². The van der Waals surface area contributed by atoms with Crippen molar-refractivity contribution in [2.75, 3.05) is 19.6 Å². The molecule has 96 valence electrons. The standard InChI is InChI=1S/C13H23N3S/c1-10(2)13-11(9-14)17-12(15-13)5-8-16-6-3-4-7-16/h10H,3-9,14H2,1-2H3. The van der Waals surface area contributed by atoms with Gasteiger partial charge in [0.25, 0.3) is 0 Å². The zero-order valence-corrected chi connectivity index (χ0v) is 11.7. The summed E-state index contributed by atoms with van der Waals surface area (Å²) >= 11 is 1.81. The summed E-state index contributed by atoms with van der Waals surface area (Å²) in [4.78, 5) is 8.57. The molecule has 0 spiro atoms. The van der Waals surface area contributed by atoms with Crippen LogP contribution >= 0.6 is 11.3 Å². The highest BCUT2D eigenvalue weighted by molar-refractivity contribution is 7.11. The van der Waals surface area contributed by atoms with Crippen LogP contribution in [0.5, 0.6) is 0 Å². The van der Waals surface area contributed by atoms with Crippen LogP contribution in [-0.4, -0.2) is 29.5 Å². The molecule has 1 fully saturated rings. The van der Waals surface area contributed by atoms with Crippen LogP contribution < -0.4 is 5.73 Å². The van der Waals surface area contributed by atoms with E-state index < -0.39 is 0 Å². The smallest absolute Gasteiger partial charge is 0.0944 e. The Morgan fingerprint density at radius 2 is 2.06 bits per heavy atom. The van der Waals surface area contributed by atoms with E-state index in [1.165, 1.54) is 41.5 Å². The molecule has 0 aromatic carbocycles. The summed E-state index contributed by atoms with van der Waals surface area (Å²) in [7, 11) is 0. The molecule has 2 N–H and O–H groups in total. The van der Waals surface area contributed by atoms with Gasteiger partial charge in [-0.25, -0.2) is 4.98 Å². The fraction of sp³-hybridized carbons (Fsp3) is 0.769. The average Bonchev–Trinajstić information content (AvgIpc) is 2.95. The maximum Gasteiger partial charge on any atom is 0.0944 e. The fourth-order valence-corrected chi connectivity index (χ4v) is 3.47. The van der Waals surface area contributed by atoms with Crippen molar-refractivity contribution in [1.29, 1.82) is 0 Å². The monoisotopic (exact) mass is 253 g/mol. The van der Waals surface area contributed by atoms with E-state index in [1.807, 2.05) is 11.3 Å². The van der Waals surface area contributed by atoms with Crippen LogP contribution in [0.25, 0.3) is 0 Å². The Morgan fingerprint density at radius 3 is 2.59 bits per heavy atom. The lowest BCUT2D eigenvalue weighted by molar-refractivity contribution is 0.343. The number of nitrogens with zero attached hydrogens (tertiary/aromatic N) is 2. The Bertz CT molecular complexity index is 354. The lowest BCUT2D eigenvalue weighted by atomic mass is 10.1. The van der Waals surface area contributed by atoms with Crippen molar-refractivity contribution in [2.24, 2.45) is 5.73 Å². The third kappa shape index (κ3) is 3.27. The predicted molar refractivity (Wildman–Crippen MR) is 73.5 cm³/mol. The second kappa shape index (κ2) is 5.94. The summed E-state index contributed by atoms with van der Waals surface area (Å²) in [5.41, 5.74) is 7.00. The van der Waals surface area contributed by atoms with Crippen LogP contribution in [0.4, 0.5) is 0 Å². The molecule has 0 radical (unpaired) electrons. The van der Waals surface area contributed by atoms with Gasteiger partial charge in [0.05, 0.1) is 10.7 Å². The van der Waals surface area contributed by atoms with Crippen molar-refractivity contribution >= 4 is 11.3 Å². The van der Waals surface area contributed by atoms with E-state index in [-0.39, 0.29) is 0 Å². The molecule has 1 aliphatic heterocycles. The molecule has 0 unspecified atom stereocenters. The van der Waals surface area contributed by atoms with E-state index in [9.17, 15) is 0 Å². The highest BCUT2D eigenvalue weighted by atomic mass is 32.1. The molecule has 2 rings (SSSR count). The third-order valence-corrected chi connectivity index (χ3v) is 4.50. The molecular formula is C13H23N3S. The van der Waals surface area contributed by atoms with E-state index in [0.717, 1.165) is 13.0 Å². The molecule has 1 aliphatic rings. The molecule has 1 aromatic rings. The Hall–Kier alpha value is -0.450. The van der Waals surface area contributed by atoms with Crippen LogP contribution in [0, 0.1) is 0 Å². The summed E-state index contributed by atoms with van der Waals surface area (Å²) in [5.74, 6) is 0.491. The number of likely N-dealkylation sites (tertiary alicyclic amines) is 1. The third-order valence-electron chi connectivity index (χ3n) is 3.34. The van der Waals surface area contributed by atoms with Gasteiger partial charge in [-0.2, -0.15) is 0 Å². The maximum atomic E-state index is 5.78. The Kier molecular flexibility index (Phi) is 4.54. The molecule has 1 saturated heterocycles. The minimum atomic E-state index is 0.491. The Balaban J connectivity index is 1.95. The van der Waals surface area contributed by atoms with Crippen molar-refractivity contribution in [2.45, 2.75) is 45.6 Å². The molecule has 0 amide bonds. The lowest BCUT2D eigenvalue weighted by Crippen LogP contribution is -2.21. The van der Waals surface area contributed by atoms with E-state index in [4.69, 9.17) is 10.7 Å². The van der Waals surface area contributed by atoms with Crippen molar-refractivity contribution in [3.63, 3.8) is 0 Å². The molecule has 2 heterocycles. The van der Waals surface area contributed by atoms with Crippen molar-refractivity contribution in [3.05, 3.63) is 15.6 Å². The van der Waals surface area contributed by atoms with Gasteiger partial charge in [-0.3, -0.25) is 0 Å². The van der Waals surface area contributed by atoms with Gasteiger partial charge in [0, 0.05) is 24.4 Å². The van der Waals surface area contributed by atoms with Gasteiger partial charge < -0.3 is 10.6 Å². The molecule has 3 nitrogen and oxygen atoms in total. The van der Waals surface area contributed by atoms with Crippen LogP contribution in [0.2, 0.25) is 0 Å². The highest BCUT2D eigenvalue weighted by Gasteiger charge is 2.15. The van der Waals surface area contributed by atoms with Crippen LogP contribution in [-0.2, 0) is 13.0 Å². The van der Waals surface area contributed by atoms with E-state index in [2.05, 4.69) is 18.7 Å². The topological polar surface area (TPSA) is 42.2 Å². The quantitative estimate of drug-likeness (QED) is 0.876. The maximum absolute atomic E-state index is 5.78. The lowest BCUT2D eigenvalue weighted by Gasteiger charge is -2.12. The number of thiazole rings is 1. The van der Waals surface area contributed by atoms with E-state index in [0.29, 0.717) is 12.5 Å². The summed E-state index contributed by atoms with van der Waals surface area (Å²) in [5, 5.41) is 1.26. The highest BCUT2D eigenvalue weighted by Crippen LogP contribution is 2.25. The Morgan fingerprint density at radius 1 is 1.35 bits per heavy atom. The van der Waals surface area contributed by atoms with Crippen molar-refractivity contribution in [3.8, 4) is 0 Å². The van der Waals surface area contributed by atoms with E-state index in [1.54, 1.807) is 0 Å². The van der Waals surface area contributed by atoms with E-state index >= 15 is 0 Å². The second-order valence-electron chi connectivity index (χ2n) is 5.07. The first-order valence-electron chi connectivity index (χ1n) is 6.61. The fourth-order valence-electron chi connectivity index (χ4n) is 2.38. The van der Waals surface area contributed by atoms with Gasteiger partial charge in [0.2, 0.25) is 0 Å². The predicted octanol–water partition coefficient (Wildman–Crippen LogP) is 2.36. The molecule has 0 atom stereocenters. The summed E-state index contributed by atoms with van der Waals surface area (Å²) < 4.78 is 0. The normalized spacial score (nSPS) is 17.2. The first-order valence-corrected chi connectivity index (χ1v) is 7.43. The summed E-state index contributed by atoms with van der Waals surface area (Å²) in [6.07, 6.45) is 3.82. The minimum absolute atomic E-state index is 0.491. The first kappa shape index (κ1) is 13.0. The van der Waals surface area contributed by atoms with Crippen LogP contribution in [0.1, 0.15) is 48.2 Å².